The molecule has 1 heterocycles. The Morgan fingerprint density at radius 3 is 2.74 bits per heavy atom. The summed E-state index contributed by atoms with van der Waals surface area (Å²) in [5.41, 5.74) is 0.965. The first-order valence-corrected chi connectivity index (χ1v) is 10.2. The Morgan fingerprint density at radius 1 is 1.30 bits per heavy atom. The summed E-state index contributed by atoms with van der Waals surface area (Å²) in [6.07, 6.45) is 1.69. The number of carbonyl (C=O) groups is 1. The van der Waals surface area contributed by atoms with Crippen molar-refractivity contribution in [3.8, 4) is 0 Å². The first-order valence-electron chi connectivity index (χ1n) is 7.07. The van der Waals surface area contributed by atoms with Gasteiger partial charge in [-0.05, 0) is 46.6 Å². The molecule has 0 radical (unpaired) electrons. The first kappa shape index (κ1) is 18.1. The summed E-state index contributed by atoms with van der Waals surface area (Å²) < 4.78 is 27.8. The van der Waals surface area contributed by atoms with Crippen molar-refractivity contribution in [2.75, 3.05) is 11.9 Å². The summed E-state index contributed by atoms with van der Waals surface area (Å²) in [6.45, 7) is 2.39. The number of thiophene rings is 1. The van der Waals surface area contributed by atoms with Gasteiger partial charge >= 0.3 is 0 Å². The van der Waals surface area contributed by atoms with Crippen molar-refractivity contribution in [1.29, 1.82) is 0 Å². The van der Waals surface area contributed by atoms with Gasteiger partial charge in [0.25, 0.3) is 5.91 Å². The molecule has 5 nitrogen and oxygen atoms in total. The monoisotopic (exact) mass is 416 g/mol. The van der Waals surface area contributed by atoms with Crippen LogP contribution in [0.5, 0.6) is 0 Å². The van der Waals surface area contributed by atoms with E-state index in [-0.39, 0.29) is 10.8 Å². The van der Waals surface area contributed by atoms with Crippen molar-refractivity contribution in [3.05, 3.63) is 45.1 Å². The number of rotatable bonds is 7. The van der Waals surface area contributed by atoms with Crippen LogP contribution in [0.25, 0.3) is 0 Å². The van der Waals surface area contributed by atoms with E-state index in [1.807, 2.05) is 6.92 Å². The van der Waals surface area contributed by atoms with Gasteiger partial charge in [0.2, 0.25) is 10.0 Å². The zero-order chi connectivity index (χ0) is 16.9. The second-order valence-corrected chi connectivity index (χ2v) is 8.93. The highest BCUT2D eigenvalue weighted by Gasteiger charge is 2.15. The number of carbonyl (C=O) groups excluding carboxylic acids is 1. The molecule has 0 fully saturated rings. The van der Waals surface area contributed by atoms with E-state index in [1.165, 1.54) is 23.5 Å². The summed E-state index contributed by atoms with van der Waals surface area (Å²) >= 11 is 4.72. The summed E-state index contributed by atoms with van der Waals surface area (Å²) in [4.78, 5) is 12.2. The number of halogens is 1. The number of hydrogen-bond donors (Lipinski definition) is 2. The van der Waals surface area contributed by atoms with E-state index in [1.54, 1.807) is 23.6 Å². The number of anilines is 1. The molecule has 0 atom stereocenters. The molecule has 0 saturated carbocycles. The Bertz CT molecular complexity index is 788. The Morgan fingerprint density at radius 2 is 2.09 bits per heavy atom. The Balaban J connectivity index is 2.12. The van der Waals surface area contributed by atoms with E-state index in [0.29, 0.717) is 17.8 Å². The molecule has 8 heteroatoms. The highest BCUT2D eigenvalue weighted by atomic mass is 79.9. The van der Waals surface area contributed by atoms with E-state index in [4.69, 9.17) is 0 Å². The van der Waals surface area contributed by atoms with Crippen LogP contribution in [0.3, 0.4) is 0 Å². The molecule has 1 aromatic heterocycles. The third-order valence-electron chi connectivity index (χ3n) is 3.05. The lowest BCUT2D eigenvalue weighted by atomic mass is 10.3. The van der Waals surface area contributed by atoms with Gasteiger partial charge in [-0.3, -0.25) is 4.79 Å². The van der Waals surface area contributed by atoms with Gasteiger partial charge in [-0.25, -0.2) is 13.1 Å². The summed E-state index contributed by atoms with van der Waals surface area (Å²) in [7, 11) is -3.56. The van der Waals surface area contributed by atoms with Crippen LogP contribution in [0.4, 0.5) is 5.69 Å². The molecule has 124 valence electrons. The van der Waals surface area contributed by atoms with Crippen LogP contribution >= 0.6 is 27.3 Å². The minimum atomic E-state index is -3.56. The van der Waals surface area contributed by atoms with Crippen LogP contribution in [-0.4, -0.2) is 20.9 Å². The Kier molecular flexibility index (Phi) is 6.34. The quantitative estimate of drug-likeness (QED) is 0.673. The fraction of sp³-hybridized carbons (Fsp3) is 0.267. The van der Waals surface area contributed by atoms with Gasteiger partial charge in [-0.2, -0.15) is 0 Å². The number of sulfonamides is 1. The zero-order valence-corrected chi connectivity index (χ0v) is 15.7. The molecule has 0 bridgehead atoms. The van der Waals surface area contributed by atoms with E-state index in [2.05, 4.69) is 26.0 Å². The van der Waals surface area contributed by atoms with Gasteiger partial charge in [0.05, 0.1) is 14.2 Å². The van der Waals surface area contributed by atoms with Crippen LogP contribution in [0.15, 0.2) is 44.4 Å². The maximum Gasteiger partial charge on any atom is 0.256 e. The molecule has 1 aromatic carbocycles. The van der Waals surface area contributed by atoms with Crippen LogP contribution in [-0.2, 0) is 10.0 Å². The lowest BCUT2D eigenvalue weighted by molar-refractivity contribution is 0.102. The van der Waals surface area contributed by atoms with Gasteiger partial charge in [0.15, 0.2) is 0 Å². The van der Waals surface area contributed by atoms with Gasteiger partial charge in [-0.1, -0.05) is 19.4 Å². The molecule has 0 saturated heterocycles. The standard InChI is InChI=1S/C15H17BrN2O3S2/c1-2-3-7-17-23(20,21)13-6-4-5-12(9-13)18-15(19)11-8-14(16)22-10-11/h4-6,8-10,17H,2-3,7H2,1H3,(H,18,19). The first-order chi connectivity index (χ1) is 10.9. The second-order valence-electron chi connectivity index (χ2n) is 4.87. The number of benzene rings is 1. The van der Waals surface area contributed by atoms with Crippen LogP contribution in [0, 0.1) is 0 Å². The minimum Gasteiger partial charge on any atom is -0.322 e. The van der Waals surface area contributed by atoms with E-state index in [0.717, 1.165) is 16.6 Å². The normalized spacial score (nSPS) is 11.4. The fourth-order valence-corrected chi connectivity index (χ4v) is 4.10. The predicted molar refractivity (Wildman–Crippen MR) is 96.5 cm³/mol. The number of hydrogen-bond acceptors (Lipinski definition) is 4. The minimum absolute atomic E-state index is 0.137. The molecule has 2 rings (SSSR count). The lowest BCUT2D eigenvalue weighted by Gasteiger charge is -2.09. The van der Waals surface area contributed by atoms with Crippen LogP contribution in [0.1, 0.15) is 30.1 Å². The molecule has 0 unspecified atom stereocenters. The van der Waals surface area contributed by atoms with Crippen molar-refractivity contribution in [1.82, 2.24) is 4.72 Å². The smallest absolute Gasteiger partial charge is 0.256 e. The number of nitrogens with one attached hydrogen (secondary N) is 2. The average molecular weight is 417 g/mol. The topological polar surface area (TPSA) is 75.3 Å². The molecule has 0 aliphatic carbocycles. The largest absolute Gasteiger partial charge is 0.322 e. The summed E-state index contributed by atoms with van der Waals surface area (Å²) in [5.74, 6) is -0.277. The fourth-order valence-electron chi connectivity index (χ4n) is 1.84. The summed E-state index contributed by atoms with van der Waals surface area (Å²) in [6, 6.07) is 7.93. The average Bonchev–Trinajstić information content (AvgIpc) is 2.94. The number of amides is 1. The third kappa shape index (κ3) is 5.13. The number of unbranched alkanes of at least 4 members (excludes halogenated alkanes) is 1. The Hall–Kier alpha value is -1.22. The van der Waals surface area contributed by atoms with Crippen molar-refractivity contribution in [3.63, 3.8) is 0 Å². The van der Waals surface area contributed by atoms with Gasteiger partial charge in [0.1, 0.15) is 0 Å². The maximum absolute atomic E-state index is 12.2. The molecule has 0 aliphatic heterocycles. The Labute approximate surface area is 148 Å². The molecule has 0 aliphatic rings. The molecule has 2 N–H and O–H groups in total. The summed E-state index contributed by atoms with van der Waals surface area (Å²) in [5, 5.41) is 4.43. The maximum atomic E-state index is 12.2. The second kappa shape index (κ2) is 8.05. The van der Waals surface area contributed by atoms with Crippen molar-refractivity contribution in [2.45, 2.75) is 24.7 Å². The molecule has 1 amide bonds. The van der Waals surface area contributed by atoms with E-state index in [9.17, 15) is 13.2 Å². The third-order valence-corrected chi connectivity index (χ3v) is 6.02. The van der Waals surface area contributed by atoms with E-state index >= 15 is 0 Å². The highest BCUT2D eigenvalue weighted by molar-refractivity contribution is 9.11. The van der Waals surface area contributed by atoms with Crippen LogP contribution < -0.4 is 10.0 Å². The lowest BCUT2D eigenvalue weighted by Crippen LogP contribution is -2.24. The molecular weight excluding hydrogens is 400 g/mol. The van der Waals surface area contributed by atoms with Crippen molar-refractivity contribution in [2.24, 2.45) is 0 Å². The van der Waals surface area contributed by atoms with Crippen LogP contribution in [0.2, 0.25) is 0 Å². The van der Waals surface area contributed by atoms with Crippen molar-refractivity contribution >= 4 is 48.9 Å². The molecule has 0 spiro atoms. The molecular formula is C15H17BrN2O3S2. The van der Waals surface area contributed by atoms with Gasteiger partial charge < -0.3 is 5.32 Å². The molecule has 23 heavy (non-hydrogen) atoms. The predicted octanol–water partition coefficient (Wildman–Crippen LogP) is 3.84. The molecule has 2 aromatic rings. The van der Waals surface area contributed by atoms with Gasteiger partial charge in [-0.15, -0.1) is 11.3 Å². The van der Waals surface area contributed by atoms with Gasteiger partial charge in [0, 0.05) is 17.6 Å². The van der Waals surface area contributed by atoms with Crippen molar-refractivity contribution < 1.29 is 13.2 Å². The zero-order valence-electron chi connectivity index (χ0n) is 12.5. The SMILES string of the molecule is CCCCNS(=O)(=O)c1cccc(NC(=O)c2csc(Br)c2)c1. The van der Waals surface area contributed by atoms with E-state index < -0.39 is 10.0 Å². The highest BCUT2D eigenvalue weighted by Crippen LogP contribution is 2.22.